The zero-order valence-electron chi connectivity index (χ0n) is 9.60. The molecule has 0 unspecified atom stereocenters. The predicted octanol–water partition coefficient (Wildman–Crippen LogP) is 2.94. The topological polar surface area (TPSA) is 37.8 Å². The third-order valence-corrected chi connectivity index (χ3v) is 4.18. The van der Waals surface area contributed by atoms with Crippen LogP contribution in [0.15, 0.2) is 30.5 Å². The standard InChI is InChI=1S/C13H15N3S/c1-2-4-12-11(3-1)13(9-14-16-12)15-10-5-7-17-8-6-10/h1-4,9-10H,5-8H2,(H,15,16). The Kier molecular flexibility index (Phi) is 3.14. The van der Waals surface area contributed by atoms with Crippen LogP contribution in [0.3, 0.4) is 0 Å². The first-order valence-electron chi connectivity index (χ1n) is 5.98. The highest BCUT2D eigenvalue weighted by atomic mass is 32.2. The molecule has 0 spiro atoms. The fourth-order valence-electron chi connectivity index (χ4n) is 2.18. The molecule has 0 saturated carbocycles. The molecule has 1 aliphatic heterocycles. The van der Waals surface area contributed by atoms with E-state index in [0.717, 1.165) is 11.2 Å². The molecule has 17 heavy (non-hydrogen) atoms. The summed E-state index contributed by atoms with van der Waals surface area (Å²) in [7, 11) is 0. The number of nitrogens with zero attached hydrogens (tertiary/aromatic N) is 2. The van der Waals surface area contributed by atoms with Crippen LogP contribution in [0.4, 0.5) is 5.69 Å². The van der Waals surface area contributed by atoms with Gasteiger partial charge in [-0.25, -0.2) is 0 Å². The van der Waals surface area contributed by atoms with Gasteiger partial charge in [0.15, 0.2) is 0 Å². The summed E-state index contributed by atoms with van der Waals surface area (Å²) in [6.45, 7) is 0. The van der Waals surface area contributed by atoms with Gasteiger partial charge in [-0.15, -0.1) is 0 Å². The summed E-state index contributed by atoms with van der Waals surface area (Å²) < 4.78 is 0. The summed E-state index contributed by atoms with van der Waals surface area (Å²) in [6.07, 6.45) is 4.31. The lowest BCUT2D eigenvalue weighted by atomic mass is 10.1. The quantitative estimate of drug-likeness (QED) is 0.882. The first-order valence-corrected chi connectivity index (χ1v) is 7.14. The van der Waals surface area contributed by atoms with Gasteiger partial charge in [0.1, 0.15) is 0 Å². The Balaban J connectivity index is 1.89. The fourth-order valence-corrected chi connectivity index (χ4v) is 3.29. The maximum absolute atomic E-state index is 4.14. The third-order valence-electron chi connectivity index (χ3n) is 3.13. The van der Waals surface area contributed by atoms with Gasteiger partial charge in [0.25, 0.3) is 0 Å². The Morgan fingerprint density at radius 2 is 2.00 bits per heavy atom. The van der Waals surface area contributed by atoms with Crippen molar-refractivity contribution in [2.24, 2.45) is 0 Å². The van der Waals surface area contributed by atoms with Crippen molar-refractivity contribution in [2.75, 3.05) is 16.8 Å². The van der Waals surface area contributed by atoms with Gasteiger partial charge in [-0.1, -0.05) is 18.2 Å². The monoisotopic (exact) mass is 245 g/mol. The van der Waals surface area contributed by atoms with E-state index in [1.54, 1.807) is 0 Å². The van der Waals surface area contributed by atoms with Crippen LogP contribution in [-0.2, 0) is 0 Å². The predicted molar refractivity (Wildman–Crippen MR) is 73.5 cm³/mol. The molecule has 0 atom stereocenters. The van der Waals surface area contributed by atoms with E-state index in [0.29, 0.717) is 6.04 Å². The second-order valence-corrected chi connectivity index (χ2v) is 5.53. The minimum Gasteiger partial charge on any atom is -0.380 e. The first kappa shape index (κ1) is 10.8. The van der Waals surface area contributed by atoms with E-state index in [1.807, 2.05) is 36.2 Å². The van der Waals surface area contributed by atoms with Gasteiger partial charge in [-0.05, 0) is 30.4 Å². The van der Waals surface area contributed by atoms with E-state index in [4.69, 9.17) is 0 Å². The van der Waals surface area contributed by atoms with Gasteiger partial charge < -0.3 is 5.32 Å². The summed E-state index contributed by atoms with van der Waals surface area (Å²) in [5.41, 5.74) is 2.08. The molecular weight excluding hydrogens is 230 g/mol. The van der Waals surface area contributed by atoms with E-state index < -0.39 is 0 Å². The molecule has 2 aromatic rings. The van der Waals surface area contributed by atoms with E-state index in [2.05, 4.69) is 21.6 Å². The third kappa shape index (κ3) is 2.36. The van der Waals surface area contributed by atoms with Crippen LogP contribution in [0, 0.1) is 0 Å². The highest BCUT2D eigenvalue weighted by Crippen LogP contribution is 2.24. The lowest BCUT2D eigenvalue weighted by molar-refractivity contribution is 0.667. The van der Waals surface area contributed by atoms with Gasteiger partial charge in [-0.2, -0.15) is 22.0 Å². The molecular formula is C13H15N3S. The maximum Gasteiger partial charge on any atom is 0.0950 e. The zero-order valence-corrected chi connectivity index (χ0v) is 10.4. The second-order valence-electron chi connectivity index (χ2n) is 4.31. The number of hydrogen-bond acceptors (Lipinski definition) is 4. The molecule has 0 radical (unpaired) electrons. The van der Waals surface area contributed by atoms with Crippen LogP contribution < -0.4 is 5.32 Å². The molecule has 1 fully saturated rings. The van der Waals surface area contributed by atoms with Crippen LogP contribution in [0.1, 0.15) is 12.8 Å². The zero-order chi connectivity index (χ0) is 11.5. The first-order chi connectivity index (χ1) is 8.43. The summed E-state index contributed by atoms with van der Waals surface area (Å²) in [5.74, 6) is 2.52. The molecule has 4 heteroatoms. The van der Waals surface area contributed by atoms with Gasteiger partial charge >= 0.3 is 0 Å². The highest BCUT2D eigenvalue weighted by molar-refractivity contribution is 7.99. The molecule has 0 bridgehead atoms. The van der Waals surface area contributed by atoms with Crippen LogP contribution in [0.2, 0.25) is 0 Å². The molecule has 0 aliphatic carbocycles. The van der Waals surface area contributed by atoms with Crippen LogP contribution in [0.5, 0.6) is 0 Å². The van der Waals surface area contributed by atoms with Crippen LogP contribution in [-0.4, -0.2) is 27.7 Å². The smallest absolute Gasteiger partial charge is 0.0950 e. The van der Waals surface area contributed by atoms with Crippen LogP contribution in [0.25, 0.3) is 10.9 Å². The molecule has 2 heterocycles. The van der Waals surface area contributed by atoms with Gasteiger partial charge in [-0.3, -0.25) is 0 Å². The van der Waals surface area contributed by atoms with Crippen molar-refractivity contribution in [1.29, 1.82) is 0 Å². The molecule has 1 aromatic heterocycles. The number of anilines is 1. The fraction of sp³-hybridized carbons (Fsp3) is 0.385. The van der Waals surface area contributed by atoms with Crippen molar-refractivity contribution in [3.63, 3.8) is 0 Å². The largest absolute Gasteiger partial charge is 0.380 e. The average molecular weight is 245 g/mol. The Labute approximate surface area is 105 Å². The van der Waals surface area contributed by atoms with Gasteiger partial charge in [0.2, 0.25) is 0 Å². The number of nitrogens with one attached hydrogen (secondary N) is 1. The second kappa shape index (κ2) is 4.92. The lowest BCUT2D eigenvalue weighted by Crippen LogP contribution is -2.24. The summed E-state index contributed by atoms with van der Waals surface area (Å²) in [5, 5.41) is 13.0. The molecule has 1 aliphatic rings. The minimum absolute atomic E-state index is 0.587. The number of rotatable bonds is 2. The van der Waals surface area contributed by atoms with E-state index in [1.165, 1.54) is 29.7 Å². The lowest BCUT2D eigenvalue weighted by Gasteiger charge is -2.23. The van der Waals surface area contributed by atoms with Crippen molar-refractivity contribution in [2.45, 2.75) is 18.9 Å². The number of hydrogen-bond donors (Lipinski definition) is 1. The molecule has 0 amide bonds. The molecule has 1 N–H and O–H groups in total. The van der Waals surface area contributed by atoms with Crippen molar-refractivity contribution in [3.05, 3.63) is 30.5 Å². The highest BCUT2D eigenvalue weighted by Gasteiger charge is 2.14. The maximum atomic E-state index is 4.14. The van der Waals surface area contributed by atoms with E-state index >= 15 is 0 Å². The number of benzene rings is 1. The Bertz CT molecular complexity index is 503. The Morgan fingerprint density at radius 1 is 1.18 bits per heavy atom. The summed E-state index contributed by atoms with van der Waals surface area (Å²) >= 11 is 2.04. The van der Waals surface area contributed by atoms with Crippen molar-refractivity contribution < 1.29 is 0 Å². The van der Waals surface area contributed by atoms with Crippen molar-refractivity contribution in [1.82, 2.24) is 10.2 Å². The average Bonchev–Trinajstić information content (AvgIpc) is 2.40. The number of aromatic nitrogens is 2. The summed E-state index contributed by atoms with van der Waals surface area (Å²) in [6, 6.07) is 8.74. The van der Waals surface area contributed by atoms with Crippen molar-refractivity contribution >= 4 is 28.4 Å². The molecule has 1 aromatic carbocycles. The molecule has 1 saturated heterocycles. The van der Waals surface area contributed by atoms with Gasteiger partial charge in [0.05, 0.1) is 17.4 Å². The van der Waals surface area contributed by atoms with Crippen molar-refractivity contribution in [3.8, 4) is 0 Å². The van der Waals surface area contributed by atoms with Crippen LogP contribution >= 0.6 is 11.8 Å². The molecule has 88 valence electrons. The molecule has 3 nitrogen and oxygen atoms in total. The normalized spacial score (nSPS) is 17.2. The summed E-state index contributed by atoms with van der Waals surface area (Å²) in [4.78, 5) is 0. The van der Waals surface area contributed by atoms with E-state index in [-0.39, 0.29) is 0 Å². The Hall–Kier alpha value is -1.29. The minimum atomic E-state index is 0.587. The van der Waals surface area contributed by atoms with E-state index in [9.17, 15) is 0 Å². The van der Waals surface area contributed by atoms with Gasteiger partial charge in [0, 0.05) is 11.4 Å². The Morgan fingerprint density at radius 3 is 2.88 bits per heavy atom. The SMILES string of the molecule is c1ccc2c(NC3CCSCC3)cnnc2c1. The number of thioether (sulfide) groups is 1. The number of fused-ring (bicyclic) bond motifs is 1. The molecule has 3 rings (SSSR count).